The average Bonchev–Trinajstić information content (AvgIpc) is 2.27. The number of esters is 1. The van der Waals surface area contributed by atoms with E-state index in [0.29, 0.717) is 0 Å². The van der Waals surface area contributed by atoms with Gasteiger partial charge >= 0.3 is 11.9 Å². The lowest BCUT2D eigenvalue weighted by Gasteiger charge is -2.09. The molecule has 1 N–H and O–H groups in total. The van der Waals surface area contributed by atoms with Gasteiger partial charge in [-0.1, -0.05) is 6.07 Å². The van der Waals surface area contributed by atoms with Gasteiger partial charge in [0.05, 0.1) is 6.10 Å². The van der Waals surface area contributed by atoms with Crippen molar-refractivity contribution in [1.82, 2.24) is 5.32 Å². The van der Waals surface area contributed by atoms with E-state index in [2.05, 4.69) is 10.1 Å². The highest BCUT2D eigenvalue weighted by atomic mass is 19.1. The largest absolute Gasteiger partial charge is 0.456 e. The fourth-order valence-electron chi connectivity index (χ4n) is 1.21. The van der Waals surface area contributed by atoms with Crippen LogP contribution in [0.2, 0.25) is 0 Å². The molecular weight excluding hydrogens is 244 g/mol. The van der Waals surface area contributed by atoms with E-state index in [0.717, 1.165) is 12.1 Å². The molecule has 6 heteroatoms. The Balaban J connectivity index is 2.60. The summed E-state index contributed by atoms with van der Waals surface area (Å²) in [7, 11) is 0. The maximum atomic E-state index is 13.2. The van der Waals surface area contributed by atoms with E-state index in [4.69, 9.17) is 0 Å². The Kier molecular flexibility index (Phi) is 4.76. The van der Waals surface area contributed by atoms with E-state index in [1.807, 2.05) is 0 Å². The molecule has 0 unspecified atom stereocenters. The number of carbonyl (C=O) groups is 2. The maximum Gasteiger partial charge on any atom is 0.397 e. The Morgan fingerprint density at radius 2 is 1.83 bits per heavy atom. The molecule has 0 fully saturated rings. The highest BCUT2D eigenvalue weighted by molar-refractivity contribution is 6.32. The first kappa shape index (κ1) is 14.1. The number of carbonyl (C=O) groups excluding carboxylic acids is 2. The van der Waals surface area contributed by atoms with Gasteiger partial charge in [0, 0.05) is 12.1 Å². The quantitative estimate of drug-likeness (QED) is 0.660. The number of hydrogen-bond donors (Lipinski definition) is 1. The maximum absolute atomic E-state index is 13.2. The molecule has 0 atom stereocenters. The van der Waals surface area contributed by atoms with Crippen LogP contribution in [0.15, 0.2) is 18.2 Å². The Hall–Kier alpha value is -1.98. The van der Waals surface area contributed by atoms with E-state index in [9.17, 15) is 18.4 Å². The van der Waals surface area contributed by atoms with Crippen LogP contribution < -0.4 is 5.32 Å². The van der Waals surface area contributed by atoms with Crippen LogP contribution in [0.25, 0.3) is 0 Å². The summed E-state index contributed by atoms with van der Waals surface area (Å²) in [6.45, 7) is 2.76. The van der Waals surface area contributed by atoms with Crippen LogP contribution in [0.3, 0.4) is 0 Å². The molecule has 4 nitrogen and oxygen atoms in total. The molecule has 1 aromatic rings. The minimum atomic E-state index is -1.08. The van der Waals surface area contributed by atoms with Crippen LogP contribution in [0, 0.1) is 11.6 Å². The SMILES string of the molecule is CC(C)OC(=O)C(=O)NCc1c(F)cccc1F. The molecule has 0 spiro atoms. The second kappa shape index (κ2) is 6.09. The molecular formula is C12H13F2NO3. The van der Waals surface area contributed by atoms with E-state index < -0.39 is 36.2 Å². The lowest BCUT2D eigenvalue weighted by Crippen LogP contribution is -2.33. The second-order valence-electron chi connectivity index (χ2n) is 3.84. The lowest BCUT2D eigenvalue weighted by molar-refractivity contribution is -0.157. The minimum Gasteiger partial charge on any atom is -0.456 e. The van der Waals surface area contributed by atoms with E-state index in [-0.39, 0.29) is 5.56 Å². The van der Waals surface area contributed by atoms with Gasteiger partial charge in [0.25, 0.3) is 0 Å². The van der Waals surface area contributed by atoms with Crippen molar-refractivity contribution < 1.29 is 23.1 Å². The fourth-order valence-corrected chi connectivity index (χ4v) is 1.21. The molecule has 0 heterocycles. The molecule has 0 saturated carbocycles. The summed E-state index contributed by atoms with van der Waals surface area (Å²) in [5, 5.41) is 2.09. The summed E-state index contributed by atoms with van der Waals surface area (Å²) < 4.78 is 31.0. The van der Waals surface area contributed by atoms with Crippen LogP contribution in [0.1, 0.15) is 19.4 Å². The van der Waals surface area contributed by atoms with Crippen molar-refractivity contribution in [2.75, 3.05) is 0 Å². The highest BCUT2D eigenvalue weighted by Gasteiger charge is 2.17. The normalized spacial score (nSPS) is 10.3. The molecule has 0 aromatic heterocycles. The Morgan fingerprint density at radius 3 is 2.33 bits per heavy atom. The van der Waals surface area contributed by atoms with Gasteiger partial charge in [-0.3, -0.25) is 4.79 Å². The topological polar surface area (TPSA) is 55.4 Å². The second-order valence-corrected chi connectivity index (χ2v) is 3.84. The van der Waals surface area contributed by atoms with Crippen molar-refractivity contribution in [3.63, 3.8) is 0 Å². The zero-order valence-electron chi connectivity index (χ0n) is 10.00. The summed E-state index contributed by atoms with van der Waals surface area (Å²) in [6.07, 6.45) is -0.437. The zero-order valence-corrected chi connectivity index (χ0v) is 10.00. The third-order valence-electron chi connectivity index (χ3n) is 2.02. The molecule has 0 aliphatic carbocycles. The number of amides is 1. The number of halogens is 2. The van der Waals surface area contributed by atoms with Gasteiger partial charge in [0.1, 0.15) is 11.6 Å². The summed E-state index contributed by atoms with van der Waals surface area (Å²) in [5.74, 6) is -3.69. The first-order valence-corrected chi connectivity index (χ1v) is 5.33. The number of hydrogen-bond acceptors (Lipinski definition) is 3. The summed E-state index contributed by atoms with van der Waals surface area (Å²) in [4.78, 5) is 22.4. The molecule has 1 amide bonds. The minimum absolute atomic E-state index is 0.303. The number of rotatable bonds is 3. The Morgan fingerprint density at radius 1 is 1.28 bits per heavy atom. The molecule has 18 heavy (non-hydrogen) atoms. The monoisotopic (exact) mass is 257 g/mol. The van der Waals surface area contributed by atoms with Gasteiger partial charge in [0.2, 0.25) is 0 Å². The van der Waals surface area contributed by atoms with Crippen molar-refractivity contribution >= 4 is 11.9 Å². The molecule has 1 aromatic carbocycles. The van der Waals surface area contributed by atoms with Crippen molar-refractivity contribution in [2.45, 2.75) is 26.5 Å². The van der Waals surface area contributed by atoms with Gasteiger partial charge in [-0.05, 0) is 26.0 Å². The van der Waals surface area contributed by atoms with Gasteiger partial charge in [-0.2, -0.15) is 0 Å². The predicted molar refractivity (Wildman–Crippen MR) is 59.4 cm³/mol. The van der Waals surface area contributed by atoms with Gasteiger partial charge in [-0.25, -0.2) is 13.6 Å². The van der Waals surface area contributed by atoms with Gasteiger partial charge in [-0.15, -0.1) is 0 Å². The molecule has 98 valence electrons. The molecule has 0 saturated heterocycles. The Labute approximate surface area is 103 Å². The van der Waals surface area contributed by atoms with Crippen LogP contribution in [0.4, 0.5) is 8.78 Å². The zero-order chi connectivity index (χ0) is 13.7. The standard InChI is InChI=1S/C12H13F2NO3/c1-7(2)18-12(17)11(16)15-6-8-9(13)4-3-5-10(8)14/h3-5,7H,6H2,1-2H3,(H,15,16). The third-order valence-corrected chi connectivity index (χ3v) is 2.02. The van der Waals surface area contributed by atoms with Crippen LogP contribution in [0.5, 0.6) is 0 Å². The average molecular weight is 257 g/mol. The van der Waals surface area contributed by atoms with Crippen LogP contribution in [-0.2, 0) is 20.9 Å². The van der Waals surface area contributed by atoms with Gasteiger partial charge in [0.15, 0.2) is 0 Å². The predicted octanol–water partition coefficient (Wildman–Crippen LogP) is 1.53. The number of ether oxygens (including phenoxy) is 1. The van der Waals surface area contributed by atoms with E-state index in [1.165, 1.54) is 6.07 Å². The van der Waals surface area contributed by atoms with Gasteiger partial charge < -0.3 is 10.1 Å². The molecule has 0 aliphatic heterocycles. The van der Waals surface area contributed by atoms with E-state index >= 15 is 0 Å². The first-order chi connectivity index (χ1) is 8.41. The number of benzene rings is 1. The summed E-state index contributed by atoms with van der Waals surface area (Å²) >= 11 is 0. The van der Waals surface area contributed by atoms with Crippen LogP contribution in [-0.4, -0.2) is 18.0 Å². The smallest absolute Gasteiger partial charge is 0.397 e. The van der Waals surface area contributed by atoms with Crippen LogP contribution >= 0.6 is 0 Å². The van der Waals surface area contributed by atoms with Crippen molar-refractivity contribution in [3.05, 3.63) is 35.4 Å². The fraction of sp³-hybridized carbons (Fsp3) is 0.333. The third kappa shape index (κ3) is 3.80. The lowest BCUT2D eigenvalue weighted by atomic mass is 10.2. The number of nitrogens with one attached hydrogen (secondary N) is 1. The molecule has 0 bridgehead atoms. The molecule has 0 aliphatic rings. The summed E-state index contributed by atoms with van der Waals surface area (Å²) in [6, 6.07) is 3.34. The molecule has 0 radical (unpaired) electrons. The summed E-state index contributed by atoms with van der Waals surface area (Å²) in [5.41, 5.74) is -0.303. The molecule has 1 rings (SSSR count). The Bertz CT molecular complexity index is 440. The van der Waals surface area contributed by atoms with Crippen molar-refractivity contribution in [2.24, 2.45) is 0 Å². The van der Waals surface area contributed by atoms with Crippen molar-refractivity contribution in [1.29, 1.82) is 0 Å². The van der Waals surface area contributed by atoms with Crippen molar-refractivity contribution in [3.8, 4) is 0 Å². The van der Waals surface area contributed by atoms with E-state index in [1.54, 1.807) is 13.8 Å². The first-order valence-electron chi connectivity index (χ1n) is 5.33. The highest BCUT2D eigenvalue weighted by Crippen LogP contribution is 2.11.